The largest absolute Gasteiger partial charge is 0.352 e. The molecule has 0 unspecified atom stereocenters. The number of anilines is 1. The van der Waals surface area contributed by atoms with Crippen LogP contribution in [0.5, 0.6) is 0 Å². The molecular weight excluding hydrogens is 365 g/mol. The molecule has 2 atom stereocenters. The summed E-state index contributed by atoms with van der Waals surface area (Å²) in [5.74, 6) is 2.09. The molecule has 1 saturated heterocycles. The number of hydrogen-bond acceptors (Lipinski definition) is 5. The average Bonchev–Trinajstić information content (AvgIpc) is 3.51. The number of benzene rings is 1. The first kappa shape index (κ1) is 18.9. The summed E-state index contributed by atoms with van der Waals surface area (Å²) in [4.78, 5) is 16.8. The summed E-state index contributed by atoms with van der Waals surface area (Å²) >= 11 is 0. The summed E-state index contributed by atoms with van der Waals surface area (Å²) < 4.78 is 14.3. The van der Waals surface area contributed by atoms with Gasteiger partial charge in [0.25, 0.3) is 0 Å². The van der Waals surface area contributed by atoms with E-state index in [1.807, 2.05) is 4.90 Å². The molecule has 5 nitrogen and oxygen atoms in total. The molecule has 1 aromatic heterocycles. The van der Waals surface area contributed by atoms with Gasteiger partial charge in [-0.2, -0.15) is 0 Å². The predicted molar refractivity (Wildman–Crippen MR) is 116 cm³/mol. The Morgan fingerprint density at radius 1 is 1.10 bits per heavy atom. The highest BCUT2D eigenvalue weighted by Crippen LogP contribution is 2.35. The highest BCUT2D eigenvalue weighted by atomic mass is 19.1. The van der Waals surface area contributed by atoms with Gasteiger partial charge in [-0.3, -0.25) is 4.99 Å². The lowest BCUT2D eigenvalue weighted by Gasteiger charge is -2.35. The maximum absolute atomic E-state index is 14.3. The van der Waals surface area contributed by atoms with Crippen molar-refractivity contribution in [1.29, 1.82) is 0 Å². The Bertz CT molecular complexity index is 918. The van der Waals surface area contributed by atoms with Crippen LogP contribution in [0.2, 0.25) is 0 Å². The maximum atomic E-state index is 14.3. The molecule has 154 valence electrons. The van der Waals surface area contributed by atoms with Crippen molar-refractivity contribution in [2.75, 3.05) is 18.0 Å². The smallest absolute Gasteiger partial charge is 0.140 e. The number of piperidine rings is 1. The first-order chi connectivity index (χ1) is 14.0. The van der Waals surface area contributed by atoms with E-state index in [4.69, 9.17) is 20.7 Å². The Labute approximate surface area is 171 Å². The number of aromatic nitrogens is 2. The van der Waals surface area contributed by atoms with E-state index < -0.39 is 6.17 Å². The van der Waals surface area contributed by atoms with E-state index in [-0.39, 0.29) is 6.04 Å². The Balaban J connectivity index is 1.47. The van der Waals surface area contributed by atoms with Gasteiger partial charge in [-0.1, -0.05) is 11.6 Å². The van der Waals surface area contributed by atoms with Gasteiger partial charge < -0.3 is 10.6 Å². The van der Waals surface area contributed by atoms with Crippen LogP contribution in [-0.2, 0) is 0 Å². The fourth-order valence-corrected chi connectivity index (χ4v) is 4.71. The third kappa shape index (κ3) is 4.13. The number of rotatable bonds is 3. The molecule has 2 aliphatic carbocycles. The molecule has 1 aliphatic heterocycles. The van der Waals surface area contributed by atoms with E-state index in [9.17, 15) is 4.39 Å². The molecule has 3 aliphatic rings. The van der Waals surface area contributed by atoms with Crippen molar-refractivity contribution >= 4 is 22.4 Å². The molecular formula is C23H30FN5. The van der Waals surface area contributed by atoms with Crippen LogP contribution in [0.4, 0.5) is 10.2 Å². The van der Waals surface area contributed by atoms with E-state index in [0.717, 1.165) is 53.8 Å². The SMILES string of the molecule is Cc1ccc2nc(C3CCC(=NC4CC4)CC3)nc(N3C[C@@H](N)C[C@@H](F)C3)c2c1. The third-order valence-electron chi connectivity index (χ3n) is 6.42. The lowest BCUT2D eigenvalue weighted by Crippen LogP contribution is -2.48. The average molecular weight is 396 g/mol. The summed E-state index contributed by atoms with van der Waals surface area (Å²) in [6.45, 7) is 3.07. The molecule has 5 rings (SSSR count). The fraction of sp³-hybridized carbons (Fsp3) is 0.609. The zero-order valence-electron chi connectivity index (χ0n) is 17.1. The third-order valence-corrected chi connectivity index (χ3v) is 6.42. The van der Waals surface area contributed by atoms with Gasteiger partial charge in [0.1, 0.15) is 17.8 Å². The van der Waals surface area contributed by atoms with Crippen LogP contribution in [0.1, 0.15) is 62.3 Å². The lowest BCUT2D eigenvalue weighted by molar-refractivity contribution is 0.268. The molecule has 6 heteroatoms. The molecule has 2 saturated carbocycles. The van der Waals surface area contributed by atoms with E-state index in [0.29, 0.717) is 31.5 Å². The molecule has 29 heavy (non-hydrogen) atoms. The van der Waals surface area contributed by atoms with Gasteiger partial charge in [0.05, 0.1) is 18.1 Å². The minimum Gasteiger partial charge on any atom is -0.352 e. The van der Waals surface area contributed by atoms with Crippen LogP contribution < -0.4 is 10.6 Å². The lowest BCUT2D eigenvalue weighted by atomic mass is 9.87. The summed E-state index contributed by atoms with van der Waals surface area (Å²) in [6, 6.07) is 6.71. The normalized spacial score (nSPS) is 28.0. The van der Waals surface area contributed by atoms with E-state index in [2.05, 4.69) is 25.1 Å². The molecule has 3 fully saturated rings. The summed E-state index contributed by atoms with van der Waals surface area (Å²) in [6.07, 6.45) is 6.24. The quantitative estimate of drug-likeness (QED) is 0.850. The van der Waals surface area contributed by atoms with Crippen LogP contribution in [0.3, 0.4) is 0 Å². The molecule has 1 aromatic carbocycles. The zero-order chi connectivity index (χ0) is 20.0. The minimum atomic E-state index is -0.909. The molecule has 2 heterocycles. The Morgan fingerprint density at radius 3 is 2.62 bits per heavy atom. The van der Waals surface area contributed by atoms with E-state index in [1.54, 1.807) is 0 Å². The van der Waals surface area contributed by atoms with Crippen molar-refractivity contribution in [1.82, 2.24) is 9.97 Å². The highest BCUT2D eigenvalue weighted by Gasteiger charge is 2.29. The number of hydrogen-bond donors (Lipinski definition) is 1. The number of fused-ring (bicyclic) bond motifs is 1. The molecule has 0 amide bonds. The first-order valence-corrected chi connectivity index (χ1v) is 11.0. The van der Waals surface area contributed by atoms with Crippen molar-refractivity contribution in [2.45, 2.75) is 76.0 Å². The molecule has 0 spiro atoms. The Morgan fingerprint density at radius 2 is 1.90 bits per heavy atom. The van der Waals surface area contributed by atoms with Crippen LogP contribution >= 0.6 is 0 Å². The number of nitrogens with two attached hydrogens (primary N) is 1. The molecule has 0 radical (unpaired) electrons. The van der Waals surface area contributed by atoms with Crippen molar-refractivity contribution < 1.29 is 4.39 Å². The van der Waals surface area contributed by atoms with Gasteiger partial charge >= 0.3 is 0 Å². The zero-order valence-corrected chi connectivity index (χ0v) is 17.1. The van der Waals surface area contributed by atoms with Crippen LogP contribution in [0.25, 0.3) is 10.9 Å². The Kier molecular flexibility index (Phi) is 4.98. The monoisotopic (exact) mass is 395 g/mol. The van der Waals surface area contributed by atoms with Gasteiger partial charge in [0.2, 0.25) is 0 Å². The standard InChI is InChI=1S/C23H30FN5/c1-14-2-9-21-20(10-14)23(29-12-16(24)11-17(25)13-29)28-22(27-21)15-3-5-18(6-4-15)26-19-7-8-19/h2,9-10,15-17,19H,3-8,11-13,25H2,1H3/t15?,16-,17+/m1/s1. The van der Waals surface area contributed by atoms with Gasteiger partial charge in [-0.25, -0.2) is 14.4 Å². The molecule has 2 aromatic rings. The second-order valence-electron chi connectivity index (χ2n) is 9.12. The Hall–Kier alpha value is -2.08. The first-order valence-electron chi connectivity index (χ1n) is 11.0. The highest BCUT2D eigenvalue weighted by molar-refractivity contribution is 5.90. The number of aliphatic imine (C=N–C) groups is 1. The van der Waals surface area contributed by atoms with Crippen LogP contribution in [0, 0.1) is 6.92 Å². The minimum absolute atomic E-state index is 0.159. The van der Waals surface area contributed by atoms with Crippen molar-refractivity contribution in [3.63, 3.8) is 0 Å². The molecule has 0 bridgehead atoms. The van der Waals surface area contributed by atoms with Crippen LogP contribution in [-0.4, -0.2) is 47.0 Å². The van der Waals surface area contributed by atoms with Crippen molar-refractivity contribution in [3.05, 3.63) is 29.6 Å². The van der Waals surface area contributed by atoms with Gasteiger partial charge in [-0.05, 0) is 64.0 Å². The fourth-order valence-electron chi connectivity index (χ4n) is 4.71. The summed E-state index contributed by atoms with van der Waals surface area (Å²) in [5.41, 5.74) is 9.61. The van der Waals surface area contributed by atoms with Gasteiger partial charge in [0.15, 0.2) is 0 Å². The van der Waals surface area contributed by atoms with Gasteiger partial charge in [-0.15, -0.1) is 0 Å². The summed E-state index contributed by atoms with van der Waals surface area (Å²) in [5, 5.41) is 1.00. The van der Waals surface area contributed by atoms with Crippen molar-refractivity contribution in [2.24, 2.45) is 10.7 Å². The van der Waals surface area contributed by atoms with E-state index >= 15 is 0 Å². The number of halogens is 1. The number of nitrogens with zero attached hydrogens (tertiary/aromatic N) is 4. The molecule has 2 N–H and O–H groups in total. The number of aryl methyl sites for hydroxylation is 1. The van der Waals surface area contributed by atoms with Crippen molar-refractivity contribution in [3.8, 4) is 0 Å². The van der Waals surface area contributed by atoms with E-state index in [1.165, 1.54) is 18.6 Å². The second kappa shape index (κ2) is 7.63. The summed E-state index contributed by atoms with van der Waals surface area (Å²) in [7, 11) is 0. The van der Waals surface area contributed by atoms with Crippen LogP contribution in [0.15, 0.2) is 23.2 Å². The maximum Gasteiger partial charge on any atom is 0.140 e. The topological polar surface area (TPSA) is 67.4 Å². The van der Waals surface area contributed by atoms with Gasteiger partial charge in [0, 0.05) is 29.6 Å². The second-order valence-corrected chi connectivity index (χ2v) is 9.12. The number of alkyl halides is 1. The predicted octanol–water partition coefficient (Wildman–Crippen LogP) is 4.07.